The molecule has 1 nitrogen and oxygen atoms in total. The van der Waals surface area contributed by atoms with Crippen LogP contribution in [0.15, 0.2) is 0 Å². The Bertz CT molecular complexity index is 254. The van der Waals surface area contributed by atoms with Crippen LogP contribution < -0.4 is 0 Å². The van der Waals surface area contributed by atoms with Gasteiger partial charge in [-0.1, -0.05) is 67.2 Å². The molecular weight excluding hydrogens is 248 g/mol. The number of hydrogen-bond acceptors (Lipinski definition) is 1. The molecule has 0 rings (SSSR count). The minimum atomic E-state index is -1.81. The highest BCUT2D eigenvalue weighted by Gasteiger charge is 2.46. The van der Waals surface area contributed by atoms with Crippen LogP contribution in [0.4, 0.5) is 0 Å². The van der Waals surface area contributed by atoms with Gasteiger partial charge < -0.3 is 4.43 Å². The molecular formula is C17H34OSi. The minimum absolute atomic E-state index is 0.0189. The van der Waals surface area contributed by atoms with Crippen LogP contribution in [0.2, 0.25) is 16.6 Å². The summed E-state index contributed by atoms with van der Waals surface area (Å²) in [7, 11) is -1.81. The zero-order chi connectivity index (χ0) is 15.1. The summed E-state index contributed by atoms with van der Waals surface area (Å²) < 4.78 is 6.62. The average Bonchev–Trinajstić information content (AvgIpc) is 2.32. The maximum Gasteiger partial charge on any atom is 0.202 e. The lowest BCUT2D eigenvalue weighted by Gasteiger charge is -2.43. The largest absolute Gasteiger partial charge is 0.403 e. The second-order valence-corrected chi connectivity index (χ2v) is 12.0. The third-order valence-electron chi connectivity index (χ3n) is 4.31. The monoisotopic (exact) mass is 282 g/mol. The standard InChI is InChI=1S/C17H34OSi/c1-9-11-12-13-17(10-2)18-19(14(3)4,15(5)6)16(7)8/h2,14-17H,9,11-13H2,1,3-8H3. The van der Waals surface area contributed by atoms with E-state index >= 15 is 0 Å². The molecule has 0 bridgehead atoms. The van der Waals surface area contributed by atoms with E-state index in [-0.39, 0.29) is 6.10 Å². The molecule has 0 spiro atoms. The normalized spacial score (nSPS) is 14.2. The smallest absolute Gasteiger partial charge is 0.202 e. The van der Waals surface area contributed by atoms with Crippen molar-refractivity contribution in [2.75, 3.05) is 0 Å². The van der Waals surface area contributed by atoms with Crippen molar-refractivity contribution < 1.29 is 4.43 Å². The number of hydrogen-bond donors (Lipinski definition) is 0. The Morgan fingerprint density at radius 2 is 1.42 bits per heavy atom. The maximum atomic E-state index is 6.62. The van der Waals surface area contributed by atoms with Gasteiger partial charge >= 0.3 is 0 Å². The lowest BCUT2D eigenvalue weighted by molar-refractivity contribution is 0.211. The van der Waals surface area contributed by atoms with Gasteiger partial charge in [0.05, 0.1) is 0 Å². The maximum absolute atomic E-state index is 6.62. The van der Waals surface area contributed by atoms with Crippen LogP contribution in [-0.4, -0.2) is 14.4 Å². The van der Waals surface area contributed by atoms with Gasteiger partial charge in [0.25, 0.3) is 0 Å². The molecule has 0 saturated carbocycles. The zero-order valence-electron chi connectivity index (χ0n) is 14.1. The van der Waals surface area contributed by atoms with E-state index in [1.54, 1.807) is 0 Å². The van der Waals surface area contributed by atoms with E-state index in [9.17, 15) is 0 Å². The fraction of sp³-hybridized carbons (Fsp3) is 0.882. The zero-order valence-corrected chi connectivity index (χ0v) is 15.1. The van der Waals surface area contributed by atoms with Crippen molar-refractivity contribution in [1.82, 2.24) is 0 Å². The Morgan fingerprint density at radius 1 is 0.947 bits per heavy atom. The summed E-state index contributed by atoms with van der Waals surface area (Å²) in [4.78, 5) is 0. The van der Waals surface area contributed by atoms with Crippen LogP contribution in [0, 0.1) is 12.3 Å². The van der Waals surface area contributed by atoms with Gasteiger partial charge in [0.1, 0.15) is 6.10 Å². The van der Waals surface area contributed by atoms with E-state index in [4.69, 9.17) is 10.8 Å². The number of rotatable bonds is 9. The molecule has 1 atom stereocenters. The average molecular weight is 283 g/mol. The first-order valence-electron chi connectivity index (χ1n) is 7.96. The van der Waals surface area contributed by atoms with Crippen LogP contribution in [0.5, 0.6) is 0 Å². The van der Waals surface area contributed by atoms with Crippen molar-refractivity contribution in [2.45, 2.75) is 96.9 Å². The Kier molecular flexibility index (Phi) is 8.70. The molecule has 0 aromatic rings. The number of unbranched alkanes of at least 4 members (excludes halogenated alkanes) is 2. The van der Waals surface area contributed by atoms with E-state index in [0.29, 0.717) is 16.6 Å². The SMILES string of the molecule is C#CC(CCCCC)O[Si](C(C)C)(C(C)C)C(C)C. The van der Waals surface area contributed by atoms with E-state index in [0.717, 1.165) is 6.42 Å². The first-order chi connectivity index (χ1) is 8.82. The Hall–Kier alpha value is -0.263. The molecule has 0 heterocycles. The van der Waals surface area contributed by atoms with Crippen LogP contribution in [-0.2, 0) is 4.43 Å². The van der Waals surface area contributed by atoms with Crippen molar-refractivity contribution in [3.8, 4) is 12.3 Å². The quantitative estimate of drug-likeness (QED) is 0.297. The predicted molar refractivity (Wildman–Crippen MR) is 88.9 cm³/mol. The van der Waals surface area contributed by atoms with E-state index in [1.165, 1.54) is 19.3 Å². The summed E-state index contributed by atoms with van der Waals surface area (Å²) in [6, 6.07) is 0. The third-order valence-corrected chi connectivity index (χ3v) is 10.4. The lowest BCUT2D eigenvalue weighted by Crippen LogP contribution is -2.50. The molecule has 0 aromatic heterocycles. The molecule has 0 amide bonds. The topological polar surface area (TPSA) is 9.23 Å². The Balaban J connectivity index is 4.93. The third kappa shape index (κ3) is 4.97. The highest BCUT2D eigenvalue weighted by molar-refractivity contribution is 6.77. The van der Waals surface area contributed by atoms with Crippen molar-refractivity contribution in [3.63, 3.8) is 0 Å². The minimum Gasteiger partial charge on any atom is -0.403 e. The summed E-state index contributed by atoms with van der Waals surface area (Å²) >= 11 is 0. The molecule has 0 aliphatic carbocycles. The molecule has 0 radical (unpaired) electrons. The van der Waals surface area contributed by atoms with Crippen molar-refractivity contribution in [2.24, 2.45) is 0 Å². The highest BCUT2D eigenvalue weighted by atomic mass is 28.4. The molecule has 0 fully saturated rings. The summed E-state index contributed by atoms with van der Waals surface area (Å²) in [5.74, 6) is 2.89. The number of terminal acetylenes is 1. The van der Waals surface area contributed by atoms with Gasteiger partial charge in [-0.25, -0.2) is 0 Å². The summed E-state index contributed by atoms with van der Waals surface area (Å²) in [6.45, 7) is 16.1. The van der Waals surface area contributed by atoms with Gasteiger partial charge in [0.15, 0.2) is 0 Å². The molecule has 19 heavy (non-hydrogen) atoms. The summed E-state index contributed by atoms with van der Waals surface area (Å²) in [5.41, 5.74) is 1.82. The predicted octanol–water partition coefficient (Wildman–Crippen LogP) is 5.76. The molecule has 0 saturated heterocycles. The summed E-state index contributed by atoms with van der Waals surface area (Å²) in [6.07, 6.45) is 10.4. The fourth-order valence-corrected chi connectivity index (χ4v) is 8.91. The van der Waals surface area contributed by atoms with E-state index in [1.807, 2.05) is 0 Å². The van der Waals surface area contributed by atoms with Crippen molar-refractivity contribution >= 4 is 8.32 Å². The molecule has 0 aliphatic rings. The second-order valence-electron chi connectivity index (χ2n) is 6.59. The summed E-state index contributed by atoms with van der Waals surface area (Å²) in [5, 5.41) is 0. The first-order valence-corrected chi connectivity index (χ1v) is 10.1. The molecule has 112 valence electrons. The Morgan fingerprint density at radius 3 is 1.74 bits per heavy atom. The van der Waals surface area contributed by atoms with Crippen LogP contribution in [0.3, 0.4) is 0 Å². The molecule has 0 aromatic carbocycles. The van der Waals surface area contributed by atoms with E-state index < -0.39 is 8.32 Å². The van der Waals surface area contributed by atoms with Gasteiger partial charge in [-0.2, -0.15) is 0 Å². The van der Waals surface area contributed by atoms with Gasteiger partial charge in [0, 0.05) is 0 Å². The van der Waals surface area contributed by atoms with Gasteiger partial charge in [0.2, 0.25) is 8.32 Å². The first kappa shape index (κ1) is 18.7. The lowest BCUT2D eigenvalue weighted by atomic mass is 10.1. The van der Waals surface area contributed by atoms with Gasteiger partial charge in [-0.05, 0) is 29.5 Å². The van der Waals surface area contributed by atoms with Crippen molar-refractivity contribution in [3.05, 3.63) is 0 Å². The van der Waals surface area contributed by atoms with E-state index in [2.05, 4.69) is 54.4 Å². The second kappa shape index (κ2) is 8.82. The fourth-order valence-electron chi connectivity index (χ4n) is 3.41. The van der Waals surface area contributed by atoms with Crippen LogP contribution in [0.25, 0.3) is 0 Å². The molecule has 0 aliphatic heterocycles. The molecule has 1 unspecified atom stereocenters. The van der Waals surface area contributed by atoms with Gasteiger partial charge in [-0.3, -0.25) is 0 Å². The molecule has 0 N–H and O–H groups in total. The van der Waals surface area contributed by atoms with Gasteiger partial charge in [-0.15, -0.1) is 6.42 Å². The van der Waals surface area contributed by atoms with Crippen LogP contribution >= 0.6 is 0 Å². The van der Waals surface area contributed by atoms with Crippen molar-refractivity contribution in [1.29, 1.82) is 0 Å². The Labute approximate surface area is 122 Å². The van der Waals surface area contributed by atoms with Crippen LogP contribution in [0.1, 0.15) is 74.1 Å². The molecule has 2 heteroatoms. The highest BCUT2D eigenvalue weighted by Crippen LogP contribution is 2.43.